The van der Waals surface area contributed by atoms with Crippen LogP contribution < -0.4 is 10.2 Å². The van der Waals surface area contributed by atoms with E-state index in [1.54, 1.807) is 13.8 Å². The SMILES string of the molecule is CCCCCC(=O)C=Cc1oc(C)cc(=O)c1OCCCCCC(=O)OCC. The van der Waals surface area contributed by atoms with Crippen molar-refractivity contribution in [2.75, 3.05) is 13.2 Å². The molecule has 0 saturated carbocycles. The monoisotopic (exact) mass is 392 g/mol. The number of rotatable bonds is 14. The molecule has 0 unspecified atom stereocenters. The number of carbonyl (C=O) groups excluding carboxylic acids is 2. The molecule has 1 rings (SSSR count). The zero-order chi connectivity index (χ0) is 20.8. The van der Waals surface area contributed by atoms with Crippen molar-refractivity contribution in [1.82, 2.24) is 0 Å². The van der Waals surface area contributed by atoms with Crippen LogP contribution in [-0.4, -0.2) is 25.0 Å². The molecule has 0 amide bonds. The van der Waals surface area contributed by atoms with E-state index in [0.29, 0.717) is 44.7 Å². The number of ketones is 1. The summed E-state index contributed by atoms with van der Waals surface area (Å²) in [5, 5.41) is 0. The fourth-order valence-corrected chi connectivity index (χ4v) is 2.63. The number of hydrogen-bond donors (Lipinski definition) is 0. The third-order valence-electron chi connectivity index (χ3n) is 4.08. The summed E-state index contributed by atoms with van der Waals surface area (Å²) in [6.07, 6.45) is 8.95. The maximum Gasteiger partial charge on any atom is 0.305 e. The zero-order valence-electron chi connectivity index (χ0n) is 17.3. The standard InChI is InChI=1S/C22H32O6/c1-4-6-8-11-18(23)13-14-20-22(19(24)16-17(3)28-20)27-15-10-7-9-12-21(25)26-5-2/h13-14,16H,4-12,15H2,1-3H3. The minimum atomic E-state index is -0.270. The number of aryl methyl sites for hydroxylation is 1. The Hall–Kier alpha value is -2.37. The first-order valence-corrected chi connectivity index (χ1v) is 10.1. The molecule has 0 aliphatic heterocycles. The van der Waals surface area contributed by atoms with Crippen LogP contribution in [0.5, 0.6) is 5.75 Å². The van der Waals surface area contributed by atoms with E-state index in [4.69, 9.17) is 13.9 Å². The van der Waals surface area contributed by atoms with E-state index < -0.39 is 0 Å². The van der Waals surface area contributed by atoms with Gasteiger partial charge in [-0.15, -0.1) is 0 Å². The number of carbonyl (C=O) groups is 2. The van der Waals surface area contributed by atoms with E-state index in [1.807, 2.05) is 0 Å². The maximum atomic E-state index is 12.2. The van der Waals surface area contributed by atoms with E-state index in [0.717, 1.165) is 25.7 Å². The molecule has 156 valence electrons. The normalized spacial score (nSPS) is 11.0. The van der Waals surface area contributed by atoms with E-state index in [-0.39, 0.29) is 28.7 Å². The molecule has 1 aromatic heterocycles. The molecule has 28 heavy (non-hydrogen) atoms. The highest BCUT2D eigenvalue weighted by Crippen LogP contribution is 2.18. The molecule has 0 aliphatic rings. The van der Waals surface area contributed by atoms with Crippen molar-refractivity contribution in [3.63, 3.8) is 0 Å². The molecule has 0 fully saturated rings. The predicted octanol–water partition coefficient (Wildman–Crippen LogP) is 4.61. The van der Waals surface area contributed by atoms with Crippen LogP contribution in [0.2, 0.25) is 0 Å². The second-order valence-corrected chi connectivity index (χ2v) is 6.64. The van der Waals surface area contributed by atoms with Crippen molar-refractivity contribution in [2.24, 2.45) is 0 Å². The van der Waals surface area contributed by atoms with Gasteiger partial charge in [0.25, 0.3) is 0 Å². The van der Waals surface area contributed by atoms with Gasteiger partial charge in [0.1, 0.15) is 5.76 Å². The maximum absolute atomic E-state index is 12.2. The van der Waals surface area contributed by atoms with Crippen LogP contribution in [0.3, 0.4) is 0 Å². The Morgan fingerprint density at radius 1 is 1.07 bits per heavy atom. The van der Waals surface area contributed by atoms with Gasteiger partial charge in [0.05, 0.1) is 13.2 Å². The third-order valence-corrected chi connectivity index (χ3v) is 4.08. The molecular weight excluding hydrogens is 360 g/mol. The molecule has 1 aromatic rings. The lowest BCUT2D eigenvalue weighted by Crippen LogP contribution is -2.11. The molecule has 0 aromatic carbocycles. The topological polar surface area (TPSA) is 82.8 Å². The Labute approximate surface area is 166 Å². The van der Waals surface area contributed by atoms with Crippen LogP contribution in [0.15, 0.2) is 21.4 Å². The Morgan fingerprint density at radius 2 is 1.82 bits per heavy atom. The van der Waals surface area contributed by atoms with Gasteiger partial charge >= 0.3 is 5.97 Å². The highest BCUT2D eigenvalue weighted by atomic mass is 16.5. The average molecular weight is 392 g/mol. The van der Waals surface area contributed by atoms with Crippen LogP contribution in [0.25, 0.3) is 6.08 Å². The molecule has 0 aliphatic carbocycles. The Morgan fingerprint density at radius 3 is 2.54 bits per heavy atom. The van der Waals surface area contributed by atoms with Gasteiger partial charge < -0.3 is 13.9 Å². The summed E-state index contributed by atoms with van der Waals surface area (Å²) in [6.45, 7) is 6.28. The summed E-state index contributed by atoms with van der Waals surface area (Å²) in [5.41, 5.74) is -0.270. The molecule has 0 bridgehead atoms. The summed E-state index contributed by atoms with van der Waals surface area (Å²) < 4.78 is 16.1. The Kier molecular flexibility index (Phi) is 11.6. The number of unbranched alkanes of at least 4 members (excludes halogenated alkanes) is 4. The van der Waals surface area contributed by atoms with Crippen LogP contribution in [0.4, 0.5) is 0 Å². The largest absolute Gasteiger partial charge is 0.486 e. The predicted molar refractivity (Wildman–Crippen MR) is 108 cm³/mol. The summed E-state index contributed by atoms with van der Waals surface area (Å²) >= 11 is 0. The molecule has 6 heteroatoms. The van der Waals surface area contributed by atoms with Crippen LogP contribution in [0, 0.1) is 6.92 Å². The zero-order valence-corrected chi connectivity index (χ0v) is 17.3. The van der Waals surface area contributed by atoms with Crippen LogP contribution in [-0.2, 0) is 14.3 Å². The third kappa shape index (κ3) is 9.53. The first-order valence-electron chi connectivity index (χ1n) is 10.1. The Bertz CT molecular complexity index is 701. The number of esters is 1. The van der Waals surface area contributed by atoms with Gasteiger partial charge in [0.15, 0.2) is 11.5 Å². The van der Waals surface area contributed by atoms with Gasteiger partial charge in [-0.25, -0.2) is 0 Å². The minimum absolute atomic E-state index is 0.00233. The van der Waals surface area contributed by atoms with E-state index in [9.17, 15) is 14.4 Å². The average Bonchev–Trinajstić information content (AvgIpc) is 2.64. The van der Waals surface area contributed by atoms with Crippen molar-refractivity contribution in [3.05, 3.63) is 33.9 Å². The molecule has 1 heterocycles. The van der Waals surface area contributed by atoms with Crippen molar-refractivity contribution < 1.29 is 23.5 Å². The number of allylic oxidation sites excluding steroid dienone is 1. The van der Waals surface area contributed by atoms with Gasteiger partial charge in [-0.05, 0) is 51.7 Å². The fourth-order valence-electron chi connectivity index (χ4n) is 2.63. The molecule has 0 N–H and O–H groups in total. The van der Waals surface area contributed by atoms with Gasteiger partial charge in [0, 0.05) is 18.9 Å². The Balaban J connectivity index is 2.57. The van der Waals surface area contributed by atoms with Crippen molar-refractivity contribution in [1.29, 1.82) is 0 Å². The smallest absolute Gasteiger partial charge is 0.305 e. The van der Waals surface area contributed by atoms with Gasteiger partial charge in [-0.1, -0.05) is 19.8 Å². The second kappa shape index (κ2) is 13.7. The second-order valence-electron chi connectivity index (χ2n) is 6.64. The summed E-state index contributed by atoms with van der Waals surface area (Å²) in [7, 11) is 0. The number of hydrogen-bond acceptors (Lipinski definition) is 6. The molecule has 0 spiro atoms. The fraction of sp³-hybridized carbons (Fsp3) is 0.591. The lowest BCUT2D eigenvalue weighted by atomic mass is 10.1. The first-order chi connectivity index (χ1) is 13.5. The van der Waals surface area contributed by atoms with Gasteiger partial charge in [0.2, 0.25) is 11.2 Å². The summed E-state index contributed by atoms with van der Waals surface area (Å²) in [5.74, 6) is 0.653. The molecule has 0 saturated heterocycles. The highest BCUT2D eigenvalue weighted by Gasteiger charge is 2.11. The van der Waals surface area contributed by atoms with E-state index in [2.05, 4.69) is 6.92 Å². The van der Waals surface area contributed by atoms with Gasteiger partial charge in [-0.3, -0.25) is 14.4 Å². The minimum Gasteiger partial charge on any atom is -0.486 e. The van der Waals surface area contributed by atoms with Crippen molar-refractivity contribution >= 4 is 17.8 Å². The molecule has 6 nitrogen and oxygen atoms in total. The van der Waals surface area contributed by atoms with Crippen molar-refractivity contribution in [3.8, 4) is 5.75 Å². The van der Waals surface area contributed by atoms with Crippen molar-refractivity contribution in [2.45, 2.75) is 72.1 Å². The highest BCUT2D eigenvalue weighted by molar-refractivity contribution is 5.93. The summed E-state index contributed by atoms with van der Waals surface area (Å²) in [4.78, 5) is 35.4. The molecule has 0 radical (unpaired) electrons. The molecule has 0 atom stereocenters. The quantitative estimate of drug-likeness (QED) is 0.261. The van der Waals surface area contributed by atoms with Crippen LogP contribution in [0.1, 0.15) is 76.7 Å². The van der Waals surface area contributed by atoms with E-state index in [1.165, 1.54) is 18.2 Å². The summed E-state index contributed by atoms with van der Waals surface area (Å²) in [6, 6.07) is 1.37. The van der Waals surface area contributed by atoms with Crippen LogP contribution >= 0.6 is 0 Å². The lowest BCUT2D eigenvalue weighted by molar-refractivity contribution is -0.143. The number of ether oxygens (including phenoxy) is 2. The molecular formula is C22H32O6. The first kappa shape index (κ1) is 23.7. The van der Waals surface area contributed by atoms with E-state index >= 15 is 0 Å². The van der Waals surface area contributed by atoms with Gasteiger partial charge in [-0.2, -0.15) is 0 Å². The lowest BCUT2D eigenvalue weighted by Gasteiger charge is -2.08.